The standard InChI is InChI=1S/C25H18N2O4/c28-24(22-10-5-15-30-22)26-16-11-13-17(14-12-16)27-25(29)23-18-6-1-3-8-20(18)31-21-9-4-2-7-19(21)23/h1-15,23H,(H,26,28)(H,27,29). The second kappa shape index (κ2) is 7.84. The van der Waals surface area contributed by atoms with Gasteiger partial charge in [-0.3, -0.25) is 9.59 Å². The third-order valence-corrected chi connectivity index (χ3v) is 5.10. The SMILES string of the molecule is O=C(Nc1ccc(NC(=O)C2c3ccccc3Oc3ccccc32)cc1)c1ccco1. The average molecular weight is 410 g/mol. The van der Waals surface area contributed by atoms with Crippen LogP contribution in [0.3, 0.4) is 0 Å². The lowest BCUT2D eigenvalue weighted by atomic mass is 9.87. The minimum atomic E-state index is -0.487. The van der Waals surface area contributed by atoms with Gasteiger partial charge in [0.25, 0.3) is 5.91 Å². The summed E-state index contributed by atoms with van der Waals surface area (Å²) < 4.78 is 11.1. The molecule has 0 spiro atoms. The van der Waals surface area contributed by atoms with Crippen LogP contribution in [-0.4, -0.2) is 11.8 Å². The maximum atomic E-state index is 13.3. The summed E-state index contributed by atoms with van der Waals surface area (Å²) in [7, 11) is 0. The van der Waals surface area contributed by atoms with E-state index in [2.05, 4.69) is 10.6 Å². The molecule has 6 nitrogen and oxygen atoms in total. The molecule has 0 bridgehead atoms. The van der Waals surface area contributed by atoms with Gasteiger partial charge in [-0.1, -0.05) is 36.4 Å². The molecule has 2 N–H and O–H groups in total. The number of anilines is 2. The summed E-state index contributed by atoms with van der Waals surface area (Å²) >= 11 is 0. The molecule has 2 amide bonds. The first-order valence-electron chi connectivity index (χ1n) is 9.80. The number of furan rings is 1. The predicted molar refractivity (Wildman–Crippen MR) is 117 cm³/mol. The normalized spacial score (nSPS) is 12.3. The van der Waals surface area contributed by atoms with E-state index in [0.29, 0.717) is 22.9 Å². The van der Waals surface area contributed by atoms with Crippen molar-refractivity contribution in [3.63, 3.8) is 0 Å². The van der Waals surface area contributed by atoms with Crippen LogP contribution < -0.4 is 15.4 Å². The van der Waals surface area contributed by atoms with Gasteiger partial charge in [0.1, 0.15) is 11.5 Å². The number of carbonyl (C=O) groups is 2. The van der Waals surface area contributed by atoms with E-state index < -0.39 is 5.92 Å². The summed E-state index contributed by atoms with van der Waals surface area (Å²) in [5, 5.41) is 5.73. The molecule has 0 saturated carbocycles. The van der Waals surface area contributed by atoms with Crippen LogP contribution in [0.5, 0.6) is 11.5 Å². The van der Waals surface area contributed by atoms with E-state index in [1.807, 2.05) is 48.5 Å². The van der Waals surface area contributed by atoms with E-state index in [-0.39, 0.29) is 17.6 Å². The number of benzene rings is 3. The Labute approximate surface area is 178 Å². The molecular formula is C25H18N2O4. The number of hydrogen-bond acceptors (Lipinski definition) is 4. The first-order valence-corrected chi connectivity index (χ1v) is 9.80. The zero-order chi connectivity index (χ0) is 21.2. The van der Waals surface area contributed by atoms with E-state index in [4.69, 9.17) is 9.15 Å². The molecule has 1 aliphatic rings. The van der Waals surface area contributed by atoms with E-state index in [0.717, 1.165) is 11.1 Å². The summed E-state index contributed by atoms with van der Waals surface area (Å²) in [4.78, 5) is 25.4. The molecule has 0 unspecified atom stereocenters. The lowest BCUT2D eigenvalue weighted by Crippen LogP contribution is -2.25. The Morgan fingerprint density at radius 2 is 1.26 bits per heavy atom. The largest absolute Gasteiger partial charge is 0.459 e. The molecule has 152 valence electrons. The Balaban J connectivity index is 1.35. The van der Waals surface area contributed by atoms with Gasteiger partial charge in [0.2, 0.25) is 5.91 Å². The van der Waals surface area contributed by atoms with Crippen LogP contribution in [-0.2, 0) is 4.79 Å². The van der Waals surface area contributed by atoms with E-state index >= 15 is 0 Å². The zero-order valence-corrected chi connectivity index (χ0v) is 16.4. The van der Waals surface area contributed by atoms with Crippen LogP contribution >= 0.6 is 0 Å². The highest BCUT2D eigenvalue weighted by Gasteiger charge is 2.32. The van der Waals surface area contributed by atoms with Gasteiger partial charge in [-0.2, -0.15) is 0 Å². The summed E-state index contributed by atoms with van der Waals surface area (Å²) in [6.07, 6.45) is 1.44. The van der Waals surface area contributed by atoms with E-state index in [9.17, 15) is 9.59 Å². The van der Waals surface area contributed by atoms with Gasteiger partial charge in [0.05, 0.1) is 12.2 Å². The zero-order valence-electron chi connectivity index (χ0n) is 16.4. The number of hydrogen-bond donors (Lipinski definition) is 2. The maximum absolute atomic E-state index is 13.3. The summed E-state index contributed by atoms with van der Waals surface area (Å²) in [5.74, 6) is 0.608. The number of nitrogens with one attached hydrogen (secondary N) is 2. The first kappa shape index (κ1) is 18.7. The molecule has 1 aromatic heterocycles. The van der Waals surface area contributed by atoms with Gasteiger partial charge in [-0.25, -0.2) is 0 Å². The Kier molecular flexibility index (Phi) is 4.72. The van der Waals surface area contributed by atoms with Crippen molar-refractivity contribution in [1.29, 1.82) is 0 Å². The molecule has 5 rings (SSSR count). The van der Waals surface area contributed by atoms with Crippen LogP contribution in [0.2, 0.25) is 0 Å². The van der Waals surface area contributed by atoms with Crippen molar-refractivity contribution in [3.05, 3.63) is 108 Å². The third-order valence-electron chi connectivity index (χ3n) is 5.10. The second-order valence-electron chi connectivity index (χ2n) is 7.11. The quantitative estimate of drug-likeness (QED) is 0.472. The fourth-order valence-electron chi connectivity index (χ4n) is 3.64. The Morgan fingerprint density at radius 1 is 0.677 bits per heavy atom. The Morgan fingerprint density at radius 3 is 1.84 bits per heavy atom. The summed E-state index contributed by atoms with van der Waals surface area (Å²) in [6, 6.07) is 25.3. The van der Waals surface area contributed by atoms with Gasteiger partial charge in [-0.05, 0) is 48.5 Å². The van der Waals surface area contributed by atoms with Crippen molar-refractivity contribution in [2.45, 2.75) is 5.92 Å². The van der Waals surface area contributed by atoms with Crippen LogP contribution in [0.1, 0.15) is 27.6 Å². The third kappa shape index (κ3) is 3.67. The minimum absolute atomic E-state index is 0.157. The number of para-hydroxylation sites is 2. The maximum Gasteiger partial charge on any atom is 0.291 e. The predicted octanol–water partition coefficient (Wildman–Crippen LogP) is 5.41. The summed E-state index contributed by atoms with van der Waals surface area (Å²) in [5.41, 5.74) is 2.87. The number of fused-ring (bicyclic) bond motifs is 2. The fraction of sp³-hybridized carbons (Fsp3) is 0.0400. The van der Waals surface area contributed by atoms with Crippen LogP contribution in [0.15, 0.2) is 95.6 Å². The van der Waals surface area contributed by atoms with Gasteiger partial charge < -0.3 is 19.8 Å². The van der Waals surface area contributed by atoms with Crippen LogP contribution in [0, 0.1) is 0 Å². The topological polar surface area (TPSA) is 80.6 Å². The highest BCUT2D eigenvalue weighted by molar-refractivity contribution is 6.03. The van der Waals surface area contributed by atoms with Crippen molar-refractivity contribution in [2.75, 3.05) is 10.6 Å². The molecule has 0 radical (unpaired) electrons. The molecule has 31 heavy (non-hydrogen) atoms. The van der Waals surface area contributed by atoms with Crippen molar-refractivity contribution in [3.8, 4) is 11.5 Å². The summed E-state index contributed by atoms with van der Waals surface area (Å²) in [6.45, 7) is 0. The number of amides is 2. The van der Waals surface area contributed by atoms with Crippen molar-refractivity contribution in [1.82, 2.24) is 0 Å². The van der Waals surface area contributed by atoms with Gasteiger partial charge in [0.15, 0.2) is 5.76 Å². The number of carbonyl (C=O) groups excluding carboxylic acids is 2. The molecular weight excluding hydrogens is 392 g/mol. The van der Waals surface area contributed by atoms with Crippen molar-refractivity contribution in [2.24, 2.45) is 0 Å². The molecule has 0 saturated heterocycles. The van der Waals surface area contributed by atoms with Gasteiger partial charge in [0, 0.05) is 22.5 Å². The highest BCUT2D eigenvalue weighted by atomic mass is 16.5. The minimum Gasteiger partial charge on any atom is -0.459 e. The lowest BCUT2D eigenvalue weighted by molar-refractivity contribution is -0.116. The number of rotatable bonds is 4. The monoisotopic (exact) mass is 410 g/mol. The second-order valence-corrected chi connectivity index (χ2v) is 7.11. The Bertz CT molecular complexity index is 1200. The van der Waals surface area contributed by atoms with Crippen LogP contribution in [0.25, 0.3) is 0 Å². The van der Waals surface area contributed by atoms with Gasteiger partial charge >= 0.3 is 0 Å². The molecule has 0 fully saturated rings. The first-order chi connectivity index (χ1) is 15.2. The number of ether oxygens (including phenoxy) is 1. The molecule has 0 atom stereocenters. The molecule has 4 aromatic rings. The van der Waals surface area contributed by atoms with E-state index in [1.54, 1.807) is 36.4 Å². The van der Waals surface area contributed by atoms with E-state index in [1.165, 1.54) is 6.26 Å². The molecule has 2 heterocycles. The molecule has 3 aromatic carbocycles. The molecule has 1 aliphatic heterocycles. The van der Waals surface area contributed by atoms with Gasteiger partial charge in [-0.15, -0.1) is 0 Å². The van der Waals surface area contributed by atoms with Crippen molar-refractivity contribution < 1.29 is 18.7 Å². The highest BCUT2D eigenvalue weighted by Crippen LogP contribution is 2.44. The average Bonchev–Trinajstić information content (AvgIpc) is 3.34. The smallest absolute Gasteiger partial charge is 0.291 e. The van der Waals surface area contributed by atoms with Crippen molar-refractivity contribution >= 4 is 23.2 Å². The Hall–Kier alpha value is -4.32. The molecule has 0 aliphatic carbocycles. The van der Waals surface area contributed by atoms with Crippen LogP contribution in [0.4, 0.5) is 11.4 Å². The fourth-order valence-corrected chi connectivity index (χ4v) is 3.64. The molecule has 6 heteroatoms. The lowest BCUT2D eigenvalue weighted by Gasteiger charge is -2.27.